The van der Waals surface area contributed by atoms with E-state index in [9.17, 15) is 14.9 Å². The summed E-state index contributed by atoms with van der Waals surface area (Å²) in [4.78, 5) is 22.1. The fourth-order valence-electron chi connectivity index (χ4n) is 1.88. The SMILES string of the molecule is Cc1nn(CC(=O)Oc2ccccc2)c(C)c1[N+](=O)[O-]. The summed E-state index contributed by atoms with van der Waals surface area (Å²) >= 11 is 0. The predicted octanol–water partition coefficient (Wildman–Crippen LogP) is 2.01. The molecule has 7 nitrogen and oxygen atoms in total. The Morgan fingerprint density at radius 3 is 2.55 bits per heavy atom. The third-order valence-electron chi connectivity index (χ3n) is 2.78. The lowest BCUT2D eigenvalue weighted by atomic mass is 10.3. The summed E-state index contributed by atoms with van der Waals surface area (Å²) in [6, 6.07) is 8.61. The molecule has 104 valence electrons. The zero-order valence-corrected chi connectivity index (χ0v) is 11.1. The molecule has 0 bridgehead atoms. The van der Waals surface area contributed by atoms with Gasteiger partial charge in [-0.15, -0.1) is 0 Å². The number of esters is 1. The number of hydrogen-bond donors (Lipinski definition) is 0. The van der Waals surface area contributed by atoms with Gasteiger partial charge in [0.25, 0.3) is 0 Å². The smallest absolute Gasteiger partial charge is 0.333 e. The van der Waals surface area contributed by atoms with Gasteiger partial charge in [0.1, 0.15) is 23.7 Å². The maximum absolute atomic E-state index is 11.8. The zero-order chi connectivity index (χ0) is 14.7. The number of carbonyl (C=O) groups excluding carboxylic acids is 1. The first kappa shape index (κ1) is 13.7. The Balaban J connectivity index is 2.13. The van der Waals surface area contributed by atoms with Gasteiger partial charge >= 0.3 is 11.7 Å². The molecule has 0 fully saturated rings. The van der Waals surface area contributed by atoms with Gasteiger partial charge in [-0.1, -0.05) is 18.2 Å². The number of rotatable bonds is 4. The van der Waals surface area contributed by atoms with Crippen molar-refractivity contribution >= 4 is 11.7 Å². The Morgan fingerprint density at radius 1 is 1.35 bits per heavy atom. The van der Waals surface area contributed by atoms with Crippen LogP contribution < -0.4 is 4.74 Å². The first-order valence-electron chi connectivity index (χ1n) is 5.93. The first-order chi connectivity index (χ1) is 9.49. The number of aryl methyl sites for hydroxylation is 1. The minimum absolute atomic E-state index is 0.0717. The van der Waals surface area contributed by atoms with Gasteiger partial charge in [0.2, 0.25) is 0 Å². The summed E-state index contributed by atoms with van der Waals surface area (Å²) in [7, 11) is 0. The van der Waals surface area contributed by atoms with E-state index in [1.54, 1.807) is 31.2 Å². The van der Waals surface area contributed by atoms with Crippen LogP contribution in [0.3, 0.4) is 0 Å². The highest BCUT2D eigenvalue weighted by atomic mass is 16.6. The Hall–Kier alpha value is -2.70. The van der Waals surface area contributed by atoms with Gasteiger partial charge < -0.3 is 4.74 Å². The van der Waals surface area contributed by atoms with Gasteiger partial charge in [0, 0.05) is 0 Å². The van der Waals surface area contributed by atoms with E-state index in [1.807, 2.05) is 6.07 Å². The number of hydrogen-bond acceptors (Lipinski definition) is 5. The predicted molar refractivity (Wildman–Crippen MR) is 70.4 cm³/mol. The normalized spacial score (nSPS) is 10.3. The number of nitro groups is 1. The molecule has 0 atom stereocenters. The molecule has 0 spiro atoms. The highest BCUT2D eigenvalue weighted by molar-refractivity contribution is 5.72. The average molecular weight is 275 g/mol. The molecule has 0 saturated carbocycles. The monoisotopic (exact) mass is 275 g/mol. The van der Waals surface area contributed by atoms with Crippen LogP contribution in [-0.2, 0) is 11.3 Å². The van der Waals surface area contributed by atoms with E-state index in [2.05, 4.69) is 5.10 Å². The molecule has 2 aromatic rings. The maximum atomic E-state index is 11.8. The quantitative estimate of drug-likeness (QED) is 0.368. The molecular weight excluding hydrogens is 262 g/mol. The Morgan fingerprint density at radius 2 is 2.00 bits per heavy atom. The Bertz CT molecular complexity index is 649. The minimum Gasteiger partial charge on any atom is -0.425 e. The molecule has 1 aromatic carbocycles. The van der Waals surface area contributed by atoms with Crippen molar-refractivity contribution in [3.63, 3.8) is 0 Å². The standard InChI is InChI=1S/C13H13N3O4/c1-9-13(16(18)19)10(2)15(14-9)8-12(17)20-11-6-4-3-5-7-11/h3-7H,8H2,1-2H3. The summed E-state index contributed by atoms with van der Waals surface area (Å²) in [5, 5.41) is 14.9. The fraction of sp³-hybridized carbons (Fsp3) is 0.231. The third kappa shape index (κ3) is 2.82. The molecule has 0 aliphatic heterocycles. The van der Waals surface area contributed by atoms with E-state index in [0.29, 0.717) is 11.4 Å². The number of para-hydroxylation sites is 1. The van der Waals surface area contributed by atoms with Crippen molar-refractivity contribution in [3.8, 4) is 5.75 Å². The Labute approximate surface area is 114 Å². The fourth-order valence-corrected chi connectivity index (χ4v) is 1.88. The highest BCUT2D eigenvalue weighted by Crippen LogP contribution is 2.21. The topological polar surface area (TPSA) is 87.3 Å². The summed E-state index contributed by atoms with van der Waals surface area (Å²) < 4.78 is 6.39. The van der Waals surface area contributed by atoms with E-state index in [0.717, 1.165) is 0 Å². The van der Waals surface area contributed by atoms with E-state index in [-0.39, 0.29) is 17.9 Å². The van der Waals surface area contributed by atoms with Crippen LogP contribution in [0.1, 0.15) is 11.4 Å². The number of benzene rings is 1. The van der Waals surface area contributed by atoms with Gasteiger partial charge in [-0.3, -0.25) is 14.8 Å². The lowest BCUT2D eigenvalue weighted by Crippen LogP contribution is -2.18. The second-order valence-electron chi connectivity index (χ2n) is 4.22. The largest absolute Gasteiger partial charge is 0.425 e. The first-order valence-corrected chi connectivity index (χ1v) is 5.93. The van der Waals surface area contributed by atoms with Crippen LogP contribution in [0.4, 0.5) is 5.69 Å². The molecule has 0 aliphatic carbocycles. The third-order valence-corrected chi connectivity index (χ3v) is 2.78. The lowest BCUT2D eigenvalue weighted by Gasteiger charge is -2.05. The average Bonchev–Trinajstić information content (AvgIpc) is 2.65. The van der Waals surface area contributed by atoms with Crippen molar-refractivity contribution in [2.45, 2.75) is 20.4 Å². The molecule has 0 aliphatic rings. The van der Waals surface area contributed by atoms with E-state index < -0.39 is 10.9 Å². The summed E-state index contributed by atoms with van der Waals surface area (Å²) in [6.45, 7) is 2.91. The van der Waals surface area contributed by atoms with Crippen molar-refractivity contribution in [1.29, 1.82) is 0 Å². The molecule has 0 saturated heterocycles. The molecule has 0 N–H and O–H groups in total. The van der Waals surface area contributed by atoms with E-state index in [4.69, 9.17) is 4.74 Å². The van der Waals surface area contributed by atoms with Gasteiger partial charge in [0.05, 0.1) is 4.92 Å². The summed E-state index contributed by atoms with van der Waals surface area (Å²) in [5.41, 5.74) is 0.537. The highest BCUT2D eigenvalue weighted by Gasteiger charge is 2.23. The molecule has 0 radical (unpaired) electrons. The summed E-state index contributed by atoms with van der Waals surface area (Å²) in [5.74, 6) is -0.106. The van der Waals surface area contributed by atoms with Crippen molar-refractivity contribution < 1.29 is 14.5 Å². The van der Waals surface area contributed by atoms with Gasteiger partial charge in [-0.25, -0.2) is 4.79 Å². The van der Waals surface area contributed by atoms with Crippen LogP contribution in [0.5, 0.6) is 5.75 Å². The maximum Gasteiger partial charge on any atom is 0.333 e. The van der Waals surface area contributed by atoms with Crippen molar-refractivity contribution in [1.82, 2.24) is 9.78 Å². The number of carbonyl (C=O) groups is 1. The molecule has 0 unspecified atom stereocenters. The zero-order valence-electron chi connectivity index (χ0n) is 11.1. The van der Waals surface area contributed by atoms with Crippen LogP contribution in [0.2, 0.25) is 0 Å². The molecule has 7 heteroatoms. The van der Waals surface area contributed by atoms with Crippen molar-refractivity contribution in [2.75, 3.05) is 0 Å². The van der Waals surface area contributed by atoms with Gasteiger partial charge in [-0.2, -0.15) is 5.10 Å². The Kier molecular flexibility index (Phi) is 3.79. The number of nitrogens with zero attached hydrogens (tertiary/aromatic N) is 3. The van der Waals surface area contributed by atoms with Crippen LogP contribution in [0.15, 0.2) is 30.3 Å². The van der Waals surface area contributed by atoms with Crippen LogP contribution in [0, 0.1) is 24.0 Å². The van der Waals surface area contributed by atoms with E-state index in [1.165, 1.54) is 11.6 Å². The second-order valence-corrected chi connectivity index (χ2v) is 4.22. The minimum atomic E-state index is -0.531. The molecular formula is C13H13N3O4. The van der Waals surface area contributed by atoms with E-state index >= 15 is 0 Å². The lowest BCUT2D eigenvalue weighted by molar-refractivity contribution is -0.386. The number of ether oxygens (including phenoxy) is 1. The van der Waals surface area contributed by atoms with Gasteiger partial charge in [-0.05, 0) is 26.0 Å². The van der Waals surface area contributed by atoms with Crippen LogP contribution in [0.25, 0.3) is 0 Å². The molecule has 2 rings (SSSR count). The van der Waals surface area contributed by atoms with Crippen LogP contribution in [-0.4, -0.2) is 20.7 Å². The molecule has 20 heavy (non-hydrogen) atoms. The van der Waals surface area contributed by atoms with Crippen molar-refractivity contribution in [3.05, 3.63) is 51.8 Å². The van der Waals surface area contributed by atoms with Gasteiger partial charge in [0.15, 0.2) is 0 Å². The van der Waals surface area contributed by atoms with Crippen molar-refractivity contribution in [2.24, 2.45) is 0 Å². The summed E-state index contributed by atoms with van der Waals surface area (Å²) in [6.07, 6.45) is 0. The molecule has 0 amide bonds. The van der Waals surface area contributed by atoms with Crippen LogP contribution >= 0.6 is 0 Å². The number of aromatic nitrogens is 2. The second kappa shape index (κ2) is 5.52. The molecule has 1 heterocycles. The molecule has 1 aromatic heterocycles.